The normalized spacial score (nSPS) is 10.9. The highest BCUT2D eigenvalue weighted by Gasteiger charge is 2.08. The summed E-state index contributed by atoms with van der Waals surface area (Å²) in [6.07, 6.45) is 0. The smallest absolute Gasteiger partial charge is 0.200 e. The highest BCUT2D eigenvalue weighted by molar-refractivity contribution is 7.09. The molecule has 84 valence electrons. The summed E-state index contributed by atoms with van der Waals surface area (Å²) in [5, 5.41) is 1.62. The van der Waals surface area contributed by atoms with Crippen LogP contribution in [-0.4, -0.2) is 14.3 Å². The van der Waals surface area contributed by atoms with Gasteiger partial charge in [-0.05, 0) is 24.6 Å². The molecule has 0 aliphatic heterocycles. The number of pyridine rings is 1. The van der Waals surface area contributed by atoms with Crippen LogP contribution in [0.25, 0.3) is 22.4 Å². The van der Waals surface area contributed by atoms with Crippen molar-refractivity contribution in [2.45, 2.75) is 6.92 Å². The third-order valence-electron chi connectivity index (χ3n) is 2.59. The highest BCUT2D eigenvalue weighted by Crippen LogP contribution is 2.23. The zero-order valence-electron chi connectivity index (χ0n) is 9.21. The Bertz CT molecular complexity index is 690. The molecule has 17 heavy (non-hydrogen) atoms. The number of anilines is 1. The standard InChI is InChI=1S/C12H10N4S/c1-7-6-10(11-15-12(13)17-16-11)14-9-5-3-2-4-8(7)9/h2-6H,1H3,(H2,13,15,16). The summed E-state index contributed by atoms with van der Waals surface area (Å²) in [6, 6.07) is 10.0. The number of aromatic nitrogens is 3. The summed E-state index contributed by atoms with van der Waals surface area (Å²) in [7, 11) is 0. The van der Waals surface area contributed by atoms with Gasteiger partial charge in [-0.2, -0.15) is 9.36 Å². The third kappa shape index (κ3) is 1.74. The van der Waals surface area contributed by atoms with Crippen LogP contribution in [0.15, 0.2) is 30.3 Å². The molecule has 0 fully saturated rings. The topological polar surface area (TPSA) is 64.7 Å². The zero-order valence-corrected chi connectivity index (χ0v) is 10.0. The van der Waals surface area contributed by atoms with Crippen LogP contribution in [0.5, 0.6) is 0 Å². The second-order valence-electron chi connectivity index (χ2n) is 3.80. The van der Waals surface area contributed by atoms with Crippen molar-refractivity contribution in [1.82, 2.24) is 14.3 Å². The third-order valence-corrected chi connectivity index (χ3v) is 3.14. The van der Waals surface area contributed by atoms with Gasteiger partial charge in [-0.3, -0.25) is 0 Å². The summed E-state index contributed by atoms with van der Waals surface area (Å²) >= 11 is 1.19. The summed E-state index contributed by atoms with van der Waals surface area (Å²) < 4.78 is 4.18. The lowest BCUT2D eigenvalue weighted by molar-refractivity contribution is 1.25. The first-order valence-electron chi connectivity index (χ1n) is 5.20. The van der Waals surface area contributed by atoms with Crippen molar-refractivity contribution >= 4 is 27.6 Å². The Labute approximate surface area is 102 Å². The van der Waals surface area contributed by atoms with E-state index < -0.39 is 0 Å². The van der Waals surface area contributed by atoms with Gasteiger partial charge in [0.15, 0.2) is 11.0 Å². The number of nitrogens with zero attached hydrogens (tertiary/aromatic N) is 3. The second kappa shape index (κ2) is 3.78. The van der Waals surface area contributed by atoms with Gasteiger partial charge in [0.1, 0.15) is 5.69 Å². The zero-order chi connectivity index (χ0) is 11.8. The summed E-state index contributed by atoms with van der Waals surface area (Å²) in [6.45, 7) is 2.06. The maximum absolute atomic E-state index is 5.58. The minimum absolute atomic E-state index is 0.465. The molecule has 2 aromatic heterocycles. The number of para-hydroxylation sites is 1. The molecule has 1 aromatic carbocycles. The first-order valence-corrected chi connectivity index (χ1v) is 5.97. The van der Waals surface area contributed by atoms with Gasteiger partial charge in [-0.1, -0.05) is 18.2 Å². The summed E-state index contributed by atoms with van der Waals surface area (Å²) in [5.74, 6) is 0.598. The molecule has 0 saturated heterocycles. The van der Waals surface area contributed by atoms with E-state index in [4.69, 9.17) is 5.73 Å². The van der Waals surface area contributed by atoms with Gasteiger partial charge >= 0.3 is 0 Å². The molecule has 0 atom stereocenters. The van der Waals surface area contributed by atoms with E-state index in [-0.39, 0.29) is 0 Å². The van der Waals surface area contributed by atoms with Crippen LogP contribution in [0.1, 0.15) is 5.56 Å². The molecule has 2 N–H and O–H groups in total. The Hall–Kier alpha value is -2.01. The molecular weight excluding hydrogens is 232 g/mol. The largest absolute Gasteiger partial charge is 0.374 e. The van der Waals surface area contributed by atoms with Crippen LogP contribution >= 0.6 is 11.5 Å². The number of nitrogen functional groups attached to an aromatic ring is 1. The van der Waals surface area contributed by atoms with E-state index >= 15 is 0 Å². The SMILES string of the molecule is Cc1cc(-c2nsc(N)n2)nc2ccccc12. The number of hydrogen-bond acceptors (Lipinski definition) is 5. The van der Waals surface area contributed by atoms with Gasteiger partial charge in [0.2, 0.25) is 0 Å². The first kappa shape index (κ1) is 10.2. The van der Waals surface area contributed by atoms with E-state index in [0.717, 1.165) is 16.6 Å². The molecule has 0 aliphatic rings. The van der Waals surface area contributed by atoms with Crippen LogP contribution in [-0.2, 0) is 0 Å². The van der Waals surface area contributed by atoms with E-state index in [1.165, 1.54) is 17.1 Å². The lowest BCUT2D eigenvalue weighted by atomic mass is 10.1. The van der Waals surface area contributed by atoms with Gasteiger partial charge in [0.25, 0.3) is 0 Å². The monoisotopic (exact) mass is 242 g/mol. The molecule has 0 aliphatic carbocycles. The molecule has 3 aromatic rings. The fourth-order valence-corrected chi connectivity index (χ4v) is 2.24. The highest BCUT2D eigenvalue weighted by atomic mass is 32.1. The average molecular weight is 242 g/mol. The maximum Gasteiger partial charge on any atom is 0.200 e. The molecule has 5 heteroatoms. The molecule has 2 heterocycles. The summed E-state index contributed by atoms with van der Waals surface area (Å²) in [4.78, 5) is 8.70. The molecule has 0 spiro atoms. The van der Waals surface area contributed by atoms with Crippen molar-refractivity contribution in [2.75, 3.05) is 5.73 Å². The van der Waals surface area contributed by atoms with Gasteiger partial charge < -0.3 is 5.73 Å². The fourth-order valence-electron chi connectivity index (χ4n) is 1.80. The molecule has 0 saturated carbocycles. The van der Waals surface area contributed by atoms with Gasteiger partial charge in [-0.15, -0.1) is 0 Å². The Morgan fingerprint density at radius 1 is 1.18 bits per heavy atom. The maximum atomic E-state index is 5.58. The number of rotatable bonds is 1. The molecular formula is C12H10N4S. The Morgan fingerprint density at radius 2 is 2.00 bits per heavy atom. The van der Waals surface area contributed by atoms with Gasteiger partial charge in [-0.25, -0.2) is 4.98 Å². The quantitative estimate of drug-likeness (QED) is 0.712. The minimum Gasteiger partial charge on any atom is -0.374 e. The first-order chi connectivity index (χ1) is 8.24. The number of aryl methyl sites for hydroxylation is 1. The second-order valence-corrected chi connectivity index (χ2v) is 4.58. The minimum atomic E-state index is 0.465. The molecule has 4 nitrogen and oxygen atoms in total. The van der Waals surface area contributed by atoms with Crippen LogP contribution in [0.3, 0.4) is 0 Å². The molecule has 0 unspecified atom stereocenters. The van der Waals surface area contributed by atoms with Crippen LogP contribution in [0.2, 0.25) is 0 Å². The van der Waals surface area contributed by atoms with Crippen molar-refractivity contribution in [2.24, 2.45) is 0 Å². The lowest BCUT2D eigenvalue weighted by Crippen LogP contribution is -1.90. The molecule has 0 radical (unpaired) electrons. The Morgan fingerprint density at radius 3 is 2.76 bits per heavy atom. The fraction of sp³-hybridized carbons (Fsp3) is 0.0833. The number of benzene rings is 1. The molecule has 3 rings (SSSR count). The predicted octanol–water partition coefficient (Wildman–Crippen LogP) is 2.64. The van der Waals surface area contributed by atoms with Crippen LogP contribution in [0.4, 0.5) is 5.13 Å². The lowest BCUT2D eigenvalue weighted by Gasteiger charge is -2.03. The van der Waals surface area contributed by atoms with Crippen molar-refractivity contribution in [3.63, 3.8) is 0 Å². The van der Waals surface area contributed by atoms with E-state index in [0.29, 0.717) is 11.0 Å². The van der Waals surface area contributed by atoms with Crippen LogP contribution < -0.4 is 5.73 Å². The van der Waals surface area contributed by atoms with E-state index in [9.17, 15) is 0 Å². The van der Waals surface area contributed by atoms with Crippen molar-refractivity contribution in [3.8, 4) is 11.5 Å². The van der Waals surface area contributed by atoms with Gasteiger partial charge in [0, 0.05) is 16.9 Å². The Kier molecular flexibility index (Phi) is 2.26. The number of hydrogen-bond donors (Lipinski definition) is 1. The number of nitrogens with two attached hydrogens (primary N) is 1. The molecule has 0 amide bonds. The number of fused-ring (bicyclic) bond motifs is 1. The van der Waals surface area contributed by atoms with E-state index in [1.54, 1.807) is 0 Å². The Balaban J connectivity index is 2.25. The summed E-state index contributed by atoms with van der Waals surface area (Å²) in [5.41, 5.74) is 8.48. The van der Waals surface area contributed by atoms with Crippen molar-refractivity contribution < 1.29 is 0 Å². The van der Waals surface area contributed by atoms with Gasteiger partial charge in [0.05, 0.1) is 5.52 Å². The van der Waals surface area contributed by atoms with Crippen molar-refractivity contribution in [1.29, 1.82) is 0 Å². The average Bonchev–Trinajstić information content (AvgIpc) is 2.76. The van der Waals surface area contributed by atoms with Crippen molar-refractivity contribution in [3.05, 3.63) is 35.9 Å². The van der Waals surface area contributed by atoms with Crippen LogP contribution in [0, 0.1) is 6.92 Å². The molecule has 0 bridgehead atoms. The van der Waals surface area contributed by atoms with E-state index in [1.807, 2.05) is 24.3 Å². The predicted molar refractivity (Wildman–Crippen MR) is 69.8 cm³/mol. The van der Waals surface area contributed by atoms with E-state index in [2.05, 4.69) is 27.3 Å².